The van der Waals surface area contributed by atoms with Crippen LogP contribution >= 0.6 is 0 Å². The molecule has 5 atom stereocenters. The summed E-state index contributed by atoms with van der Waals surface area (Å²) in [6.45, 7) is 0.687. The first-order valence-electron chi connectivity index (χ1n) is 10.7. The highest BCUT2D eigenvalue weighted by Crippen LogP contribution is 2.44. The summed E-state index contributed by atoms with van der Waals surface area (Å²) in [5, 5.41) is 12.2. The Labute approximate surface area is 167 Å². The maximum atomic E-state index is 12.9. The Morgan fingerprint density at radius 1 is 1.14 bits per heavy atom. The van der Waals surface area contributed by atoms with Crippen LogP contribution in [0.1, 0.15) is 56.4 Å². The molecule has 2 saturated carbocycles. The van der Waals surface area contributed by atoms with Crippen LogP contribution in [0.2, 0.25) is 0 Å². The van der Waals surface area contributed by atoms with E-state index in [0.29, 0.717) is 31.1 Å². The summed E-state index contributed by atoms with van der Waals surface area (Å²) in [5.74, 6) is 1.79. The van der Waals surface area contributed by atoms with Crippen molar-refractivity contribution in [2.75, 3.05) is 13.2 Å². The van der Waals surface area contributed by atoms with Crippen LogP contribution < -0.4 is 5.32 Å². The van der Waals surface area contributed by atoms with Crippen LogP contribution in [0.3, 0.4) is 0 Å². The maximum absolute atomic E-state index is 12.9. The van der Waals surface area contributed by atoms with Crippen molar-refractivity contribution in [1.82, 2.24) is 5.32 Å². The van der Waals surface area contributed by atoms with Crippen LogP contribution in [0.5, 0.6) is 0 Å². The number of benzene rings is 1. The van der Waals surface area contributed by atoms with E-state index in [1.54, 1.807) is 0 Å². The molecule has 3 aliphatic rings. The van der Waals surface area contributed by atoms with Crippen molar-refractivity contribution in [3.8, 4) is 0 Å². The van der Waals surface area contributed by atoms with E-state index in [9.17, 15) is 4.79 Å². The number of carbonyl (C=O) groups is 1. The van der Waals surface area contributed by atoms with Gasteiger partial charge in [-0.25, -0.2) is 0 Å². The number of nitrogens with one attached hydrogen (secondary N) is 1. The summed E-state index contributed by atoms with van der Waals surface area (Å²) in [6, 6.07) is 10.5. The topological polar surface area (TPSA) is 67.8 Å². The molecule has 1 aromatic carbocycles. The lowest BCUT2D eigenvalue weighted by Gasteiger charge is -2.30. The summed E-state index contributed by atoms with van der Waals surface area (Å²) < 4.78 is 11.8. The number of aliphatic hydroxyl groups is 1. The van der Waals surface area contributed by atoms with Gasteiger partial charge in [0.15, 0.2) is 5.76 Å². The number of fused-ring (bicyclic) bond motifs is 2. The summed E-state index contributed by atoms with van der Waals surface area (Å²) in [5.41, 5.74) is 1.17. The number of allylic oxidation sites excluding steroid dienone is 1. The fourth-order valence-electron chi connectivity index (χ4n) is 4.94. The molecule has 1 aliphatic heterocycles. The van der Waals surface area contributed by atoms with Crippen LogP contribution in [-0.2, 0) is 14.3 Å². The minimum Gasteiger partial charge on any atom is -0.459 e. The number of hydrogen-bond acceptors (Lipinski definition) is 4. The van der Waals surface area contributed by atoms with Gasteiger partial charge in [0, 0.05) is 25.0 Å². The van der Waals surface area contributed by atoms with Crippen molar-refractivity contribution >= 4 is 5.91 Å². The molecule has 2 N–H and O–H groups in total. The van der Waals surface area contributed by atoms with E-state index in [-0.39, 0.29) is 24.5 Å². The minimum atomic E-state index is -0.435. The molecule has 2 bridgehead atoms. The van der Waals surface area contributed by atoms with Crippen molar-refractivity contribution in [3.63, 3.8) is 0 Å². The molecule has 152 valence electrons. The number of amides is 1. The minimum absolute atomic E-state index is 0.0959. The fraction of sp³-hybridized carbons (Fsp3) is 0.609. The third kappa shape index (κ3) is 4.58. The Bertz CT molecular complexity index is 689. The van der Waals surface area contributed by atoms with E-state index in [2.05, 4.69) is 17.4 Å². The number of rotatable bonds is 8. The van der Waals surface area contributed by atoms with Gasteiger partial charge in [-0.1, -0.05) is 36.8 Å². The molecule has 5 unspecified atom stereocenters. The average Bonchev–Trinajstić information content (AvgIpc) is 3.35. The van der Waals surface area contributed by atoms with Crippen LogP contribution in [0, 0.1) is 11.8 Å². The quantitative estimate of drug-likeness (QED) is 0.672. The molecule has 4 rings (SSSR count). The zero-order chi connectivity index (χ0) is 19.3. The van der Waals surface area contributed by atoms with Crippen molar-refractivity contribution in [2.24, 2.45) is 11.8 Å². The Morgan fingerprint density at radius 3 is 2.71 bits per heavy atom. The molecule has 2 aliphatic carbocycles. The number of aliphatic hydroxyl groups excluding tert-OH is 1. The van der Waals surface area contributed by atoms with Gasteiger partial charge in [0.1, 0.15) is 0 Å². The van der Waals surface area contributed by atoms with Crippen LogP contribution in [0.25, 0.3) is 0 Å². The average molecular weight is 386 g/mol. The van der Waals surface area contributed by atoms with Gasteiger partial charge in [-0.3, -0.25) is 4.79 Å². The van der Waals surface area contributed by atoms with E-state index < -0.39 is 6.29 Å². The molecular formula is C23H31NO4. The number of unbranched alkanes of at least 4 members (excludes halogenated alkanes) is 1. The third-order valence-electron chi connectivity index (χ3n) is 6.42. The first kappa shape index (κ1) is 19.5. The molecule has 1 amide bonds. The van der Waals surface area contributed by atoms with Gasteiger partial charge in [0.25, 0.3) is 5.91 Å². The van der Waals surface area contributed by atoms with Gasteiger partial charge in [-0.15, -0.1) is 0 Å². The number of ether oxygens (including phenoxy) is 2. The Hall–Kier alpha value is -1.85. The molecule has 0 saturated heterocycles. The first-order valence-corrected chi connectivity index (χ1v) is 10.7. The summed E-state index contributed by atoms with van der Waals surface area (Å²) in [4.78, 5) is 12.9. The van der Waals surface area contributed by atoms with Crippen molar-refractivity contribution < 1.29 is 19.4 Å². The lowest BCUT2D eigenvalue weighted by atomic mass is 9.92. The zero-order valence-electron chi connectivity index (χ0n) is 16.4. The fourth-order valence-corrected chi connectivity index (χ4v) is 4.94. The van der Waals surface area contributed by atoms with E-state index in [0.717, 1.165) is 18.8 Å². The predicted octanol–water partition coefficient (Wildman–Crippen LogP) is 3.49. The molecule has 0 spiro atoms. The Balaban J connectivity index is 1.43. The summed E-state index contributed by atoms with van der Waals surface area (Å²) >= 11 is 0. The molecule has 2 fully saturated rings. The van der Waals surface area contributed by atoms with Gasteiger partial charge in [0.2, 0.25) is 6.29 Å². The second-order valence-corrected chi connectivity index (χ2v) is 8.39. The van der Waals surface area contributed by atoms with Gasteiger partial charge in [-0.05, 0) is 55.6 Å². The molecule has 28 heavy (non-hydrogen) atoms. The Kier molecular flexibility index (Phi) is 6.33. The summed E-state index contributed by atoms with van der Waals surface area (Å²) in [6.07, 6.45) is 8.61. The normalized spacial score (nSPS) is 31.3. The zero-order valence-corrected chi connectivity index (χ0v) is 16.4. The maximum Gasteiger partial charge on any atom is 0.286 e. The first-order chi connectivity index (χ1) is 13.7. The largest absolute Gasteiger partial charge is 0.459 e. The smallest absolute Gasteiger partial charge is 0.286 e. The van der Waals surface area contributed by atoms with Gasteiger partial charge in [0.05, 0.1) is 6.61 Å². The lowest BCUT2D eigenvalue weighted by molar-refractivity contribution is -0.147. The molecule has 5 heteroatoms. The van der Waals surface area contributed by atoms with Gasteiger partial charge < -0.3 is 19.9 Å². The number of carbonyl (C=O) groups excluding carboxylic acids is 1. The highest BCUT2D eigenvalue weighted by atomic mass is 16.7. The highest BCUT2D eigenvalue weighted by molar-refractivity contribution is 5.92. The summed E-state index contributed by atoms with van der Waals surface area (Å²) in [7, 11) is 0. The molecule has 1 aromatic rings. The van der Waals surface area contributed by atoms with Crippen LogP contribution in [0.15, 0.2) is 42.2 Å². The molecule has 5 nitrogen and oxygen atoms in total. The standard InChI is InChI=1S/C23H31NO4/c25-10-4-5-11-27-22-15-19(17-6-2-1-3-7-17)14-21(28-22)23(26)24-20-13-16-8-9-18(20)12-16/h1-3,6-7,14,16,18-20,22,25H,4-5,8-13,15H2,(H,24,26). The van der Waals surface area contributed by atoms with Crippen molar-refractivity contribution in [2.45, 2.75) is 63.2 Å². The SMILES string of the molecule is O=C(NC1CC2CCC1C2)C1=CC(c2ccccc2)CC(OCCCCO)O1. The molecule has 0 aromatic heterocycles. The van der Waals surface area contributed by atoms with Gasteiger partial charge >= 0.3 is 0 Å². The van der Waals surface area contributed by atoms with Gasteiger partial charge in [-0.2, -0.15) is 0 Å². The highest BCUT2D eigenvalue weighted by Gasteiger charge is 2.41. The predicted molar refractivity (Wildman–Crippen MR) is 106 cm³/mol. The second kappa shape index (κ2) is 9.10. The second-order valence-electron chi connectivity index (χ2n) is 8.39. The van der Waals surface area contributed by atoms with E-state index in [1.165, 1.54) is 24.8 Å². The molecular weight excluding hydrogens is 354 g/mol. The van der Waals surface area contributed by atoms with E-state index in [4.69, 9.17) is 14.6 Å². The van der Waals surface area contributed by atoms with Crippen LogP contribution in [0.4, 0.5) is 0 Å². The van der Waals surface area contributed by atoms with Crippen molar-refractivity contribution in [1.29, 1.82) is 0 Å². The molecule has 1 heterocycles. The van der Waals surface area contributed by atoms with Crippen molar-refractivity contribution in [3.05, 3.63) is 47.7 Å². The van der Waals surface area contributed by atoms with E-state index >= 15 is 0 Å². The van der Waals surface area contributed by atoms with Crippen LogP contribution in [-0.4, -0.2) is 36.6 Å². The number of hydrogen-bond donors (Lipinski definition) is 2. The lowest BCUT2D eigenvalue weighted by Crippen LogP contribution is -2.41. The third-order valence-corrected chi connectivity index (χ3v) is 6.42. The van der Waals surface area contributed by atoms with E-state index in [1.807, 2.05) is 24.3 Å². The molecule has 0 radical (unpaired) electrons. The monoisotopic (exact) mass is 385 g/mol. The Morgan fingerprint density at radius 2 is 2.00 bits per heavy atom.